The Hall–Kier alpha value is -8.67. The van der Waals surface area contributed by atoms with E-state index in [1.165, 1.54) is 18.3 Å². The first-order valence-electron chi connectivity index (χ1n) is 25.0. The highest BCUT2D eigenvalue weighted by Gasteiger charge is 2.29. The van der Waals surface area contributed by atoms with Crippen LogP contribution in [0, 0.1) is 5.92 Å². The van der Waals surface area contributed by atoms with Crippen LogP contribution in [0.1, 0.15) is 75.3 Å². The lowest BCUT2D eigenvalue weighted by atomic mass is 10.0. The molecule has 1 saturated heterocycles. The number of hydrogen-bond donors (Lipinski definition) is 8. The van der Waals surface area contributed by atoms with E-state index in [1.54, 1.807) is 81.7 Å². The minimum Gasteiger partial charge on any atom is -0.491 e. The molecule has 3 atom stereocenters. The van der Waals surface area contributed by atoms with Crippen LogP contribution in [0.4, 0.5) is 32.5 Å². The average molecular weight is 1050 g/mol. The molecule has 4 heterocycles. The maximum atomic E-state index is 13.6. The molecule has 76 heavy (non-hydrogen) atoms. The number of nitrogens with one attached hydrogen (secondary N) is 6. The van der Waals surface area contributed by atoms with E-state index >= 15 is 0 Å². The first-order valence-corrected chi connectivity index (χ1v) is 25.0. The Morgan fingerprint density at radius 2 is 1.59 bits per heavy atom. The third-order valence-corrected chi connectivity index (χ3v) is 12.1. The molecule has 404 valence electrons. The Bertz CT molecular complexity index is 2720. The molecular formula is C52H65N13O11. The Kier molecular flexibility index (Phi) is 21.0. The fraction of sp³-hybridized carbons (Fsp3) is 0.404. The number of ether oxygens (including phenoxy) is 3. The van der Waals surface area contributed by atoms with Gasteiger partial charge in [-0.05, 0) is 74.4 Å². The zero-order chi connectivity index (χ0) is 54.6. The molecule has 2 aliphatic rings. The molecule has 2 unspecified atom stereocenters. The predicted octanol–water partition coefficient (Wildman–Crippen LogP) is 3.40. The molecule has 9 amide bonds. The van der Waals surface area contributed by atoms with Crippen molar-refractivity contribution in [2.45, 2.75) is 84.0 Å². The lowest BCUT2D eigenvalue weighted by Gasteiger charge is -2.30. The molecule has 0 saturated carbocycles. The fourth-order valence-corrected chi connectivity index (χ4v) is 7.98. The maximum absolute atomic E-state index is 13.6. The van der Waals surface area contributed by atoms with Crippen molar-refractivity contribution in [3.63, 3.8) is 0 Å². The van der Waals surface area contributed by atoms with Crippen molar-refractivity contribution in [3.8, 4) is 17.0 Å². The molecule has 0 bridgehead atoms. The molecule has 10 N–H and O–H groups in total. The SMILES string of the molecule is CC(COc1cccc(-c2cnc(N)c(C(=O)Nc3cnccc3N3CCOCC3)n2)c1)NC(=O)OCc1ccc(NC(=O)[C@H](CCCNC(N)=O)NC(=O)C(NC(=O)CCCCCN2C(=O)C=CC2=O)C(C)C)cc1. The van der Waals surface area contributed by atoms with E-state index in [2.05, 4.69) is 51.8 Å². The second-order valence-corrected chi connectivity index (χ2v) is 18.3. The van der Waals surface area contributed by atoms with E-state index in [0.29, 0.717) is 79.5 Å². The molecule has 0 spiro atoms. The number of nitrogens with zero attached hydrogens (tertiary/aromatic N) is 5. The van der Waals surface area contributed by atoms with Gasteiger partial charge in [-0.1, -0.05) is 44.5 Å². The number of unbranched alkanes of at least 4 members (excludes halogenated alkanes) is 2. The smallest absolute Gasteiger partial charge is 0.407 e. The van der Waals surface area contributed by atoms with Gasteiger partial charge in [-0.3, -0.25) is 38.7 Å². The first kappa shape index (κ1) is 56.6. The molecule has 2 aromatic carbocycles. The molecule has 24 heteroatoms. The number of rotatable bonds is 26. The predicted molar refractivity (Wildman–Crippen MR) is 280 cm³/mol. The highest BCUT2D eigenvalue weighted by Crippen LogP contribution is 2.28. The summed E-state index contributed by atoms with van der Waals surface area (Å²) in [6, 6.07) is 12.1. The number of nitrogen functional groups attached to an aromatic ring is 1. The van der Waals surface area contributed by atoms with E-state index in [4.69, 9.17) is 25.7 Å². The van der Waals surface area contributed by atoms with Crippen LogP contribution in [-0.4, -0.2) is 132 Å². The molecule has 24 nitrogen and oxygen atoms in total. The van der Waals surface area contributed by atoms with Crippen LogP contribution in [0.5, 0.6) is 5.75 Å². The summed E-state index contributed by atoms with van der Waals surface area (Å²) in [4.78, 5) is 117. The van der Waals surface area contributed by atoms with Crippen LogP contribution in [0.15, 0.2) is 85.3 Å². The molecule has 6 rings (SSSR count). The maximum Gasteiger partial charge on any atom is 0.407 e. The van der Waals surface area contributed by atoms with Crippen molar-refractivity contribution in [1.29, 1.82) is 0 Å². The fourth-order valence-electron chi connectivity index (χ4n) is 7.98. The number of urea groups is 1. The van der Waals surface area contributed by atoms with Crippen LogP contribution >= 0.6 is 0 Å². The van der Waals surface area contributed by atoms with E-state index in [-0.39, 0.29) is 80.7 Å². The third kappa shape index (κ3) is 17.2. The van der Waals surface area contributed by atoms with Gasteiger partial charge in [0.05, 0.1) is 48.7 Å². The number of primary amides is 1. The summed E-state index contributed by atoms with van der Waals surface area (Å²) < 4.78 is 16.9. The number of carbonyl (C=O) groups is 8. The van der Waals surface area contributed by atoms with Gasteiger partial charge in [0.2, 0.25) is 17.7 Å². The number of imide groups is 1. The zero-order valence-electron chi connectivity index (χ0n) is 42.7. The van der Waals surface area contributed by atoms with Gasteiger partial charge in [-0.2, -0.15) is 0 Å². The summed E-state index contributed by atoms with van der Waals surface area (Å²) in [7, 11) is 0. The number of nitrogens with two attached hydrogens (primary N) is 2. The summed E-state index contributed by atoms with van der Waals surface area (Å²) in [5.74, 6) is -2.69. The van der Waals surface area contributed by atoms with E-state index in [0.717, 1.165) is 10.6 Å². The molecular weight excluding hydrogens is 983 g/mol. The minimum atomic E-state index is -1.06. The van der Waals surface area contributed by atoms with Crippen LogP contribution in [0.2, 0.25) is 0 Å². The standard InChI is InChI=1S/C52H65N13O11/c1-32(2)45(63-42(66)12-5-4-6-22-65-43(67)17-18-44(65)68)49(70)61-38(11-8-20-56-51(54)72)48(69)59-36-15-13-34(14-16-36)31-76-52(73)58-33(3)30-75-37-10-7-9-35(27-37)39-29-57-47(53)46(60-39)50(71)62-40-28-55-21-19-41(40)64-23-25-74-26-24-64/h7,9-10,13-19,21,27-29,32-33,38,45H,4-6,8,11-12,20,22-26,30-31H2,1-3H3,(H2,53,57)(H,58,73)(H,59,69)(H,61,70)(H,62,71)(H,63,66)(H3,54,56,72)/t33?,38-,45?/m0/s1. The van der Waals surface area contributed by atoms with Crippen molar-refractivity contribution in [2.24, 2.45) is 11.7 Å². The van der Waals surface area contributed by atoms with E-state index in [1.807, 2.05) is 6.07 Å². The molecule has 0 aliphatic carbocycles. The van der Waals surface area contributed by atoms with Gasteiger partial charge < -0.3 is 62.5 Å². The molecule has 2 aliphatic heterocycles. The van der Waals surface area contributed by atoms with Gasteiger partial charge >= 0.3 is 12.1 Å². The highest BCUT2D eigenvalue weighted by atomic mass is 16.5. The Balaban J connectivity index is 0.946. The monoisotopic (exact) mass is 1050 g/mol. The number of aromatic nitrogens is 3. The van der Waals surface area contributed by atoms with Gasteiger partial charge in [0.25, 0.3) is 17.7 Å². The molecule has 1 fully saturated rings. The van der Waals surface area contributed by atoms with Gasteiger partial charge in [0.15, 0.2) is 11.5 Å². The van der Waals surface area contributed by atoms with Crippen molar-refractivity contribution in [2.75, 3.05) is 67.3 Å². The number of amides is 9. The largest absolute Gasteiger partial charge is 0.491 e. The summed E-state index contributed by atoms with van der Waals surface area (Å²) in [6.45, 7) is 8.10. The Morgan fingerprint density at radius 1 is 0.842 bits per heavy atom. The molecule has 2 aromatic heterocycles. The number of alkyl carbamates (subject to hydrolysis) is 1. The van der Waals surface area contributed by atoms with Crippen molar-refractivity contribution >= 4 is 70.4 Å². The third-order valence-electron chi connectivity index (χ3n) is 12.1. The minimum absolute atomic E-state index is 0.0480. The highest BCUT2D eigenvalue weighted by molar-refractivity contribution is 6.13. The van der Waals surface area contributed by atoms with E-state index in [9.17, 15) is 38.4 Å². The van der Waals surface area contributed by atoms with Crippen LogP contribution in [0.25, 0.3) is 11.3 Å². The summed E-state index contributed by atoms with van der Waals surface area (Å²) in [6.07, 6.45) is 8.51. The first-order chi connectivity index (χ1) is 36.5. The molecule has 4 aromatic rings. The van der Waals surface area contributed by atoms with Crippen molar-refractivity contribution in [3.05, 3.63) is 96.6 Å². The Labute approximate surface area is 439 Å². The van der Waals surface area contributed by atoms with Crippen LogP contribution in [0.3, 0.4) is 0 Å². The van der Waals surface area contributed by atoms with E-state index < -0.39 is 48.0 Å². The van der Waals surface area contributed by atoms with Gasteiger partial charge in [0, 0.05) is 62.2 Å². The zero-order valence-corrected chi connectivity index (χ0v) is 42.7. The normalized spacial score (nSPS) is 14.3. The average Bonchev–Trinajstić information content (AvgIpc) is 3.73. The lowest BCUT2D eigenvalue weighted by molar-refractivity contribution is -0.137. The molecule has 0 radical (unpaired) electrons. The van der Waals surface area contributed by atoms with Crippen LogP contribution in [-0.2, 0) is 40.1 Å². The van der Waals surface area contributed by atoms with Crippen molar-refractivity contribution < 1.29 is 52.6 Å². The quantitative estimate of drug-likeness (QED) is 0.0330. The summed E-state index contributed by atoms with van der Waals surface area (Å²) >= 11 is 0. The second kappa shape index (κ2) is 28.1. The second-order valence-electron chi connectivity index (χ2n) is 18.3. The van der Waals surface area contributed by atoms with Crippen LogP contribution < -0.4 is 53.0 Å². The van der Waals surface area contributed by atoms with Crippen molar-refractivity contribution in [1.82, 2.24) is 41.1 Å². The number of benzene rings is 2. The topological polar surface area (TPSA) is 334 Å². The number of pyridine rings is 1. The number of carbonyl (C=O) groups excluding carboxylic acids is 8. The van der Waals surface area contributed by atoms with Gasteiger partial charge in [-0.25, -0.2) is 19.6 Å². The Morgan fingerprint density at radius 3 is 2.32 bits per heavy atom. The summed E-state index contributed by atoms with van der Waals surface area (Å²) in [5, 5.41) is 16.4. The van der Waals surface area contributed by atoms with Gasteiger partial charge in [0.1, 0.15) is 31.0 Å². The lowest BCUT2D eigenvalue weighted by Crippen LogP contribution is -2.54. The number of morpholine rings is 1. The number of hydrogen-bond acceptors (Lipinski definition) is 16. The summed E-state index contributed by atoms with van der Waals surface area (Å²) in [5.41, 5.74) is 14.5. The number of anilines is 4. The van der Waals surface area contributed by atoms with Gasteiger partial charge in [-0.15, -0.1) is 0 Å².